The first-order valence-corrected chi connectivity index (χ1v) is 7.26. The zero-order chi connectivity index (χ0) is 12.3. The molecule has 1 aliphatic heterocycles. The Kier molecular flexibility index (Phi) is 4.83. The molecule has 0 aromatic rings. The zero-order valence-electron chi connectivity index (χ0n) is 11.6. The molecule has 100 valence electrons. The number of piperidine rings is 1. The summed E-state index contributed by atoms with van der Waals surface area (Å²) in [6.07, 6.45) is 6.64. The number of hydrogen-bond acceptors (Lipinski definition) is 3. The van der Waals surface area contributed by atoms with Crippen molar-refractivity contribution in [3.05, 3.63) is 0 Å². The molecule has 2 aliphatic rings. The van der Waals surface area contributed by atoms with E-state index >= 15 is 0 Å². The van der Waals surface area contributed by atoms with E-state index in [1.54, 1.807) is 0 Å². The van der Waals surface area contributed by atoms with Gasteiger partial charge in [0.05, 0.1) is 0 Å². The van der Waals surface area contributed by atoms with E-state index in [2.05, 4.69) is 23.9 Å². The smallest absolute Gasteiger partial charge is 0.00420 e. The van der Waals surface area contributed by atoms with Crippen molar-refractivity contribution < 1.29 is 0 Å². The molecular formula is C14H29N3. The molecule has 2 rings (SSSR count). The molecule has 17 heavy (non-hydrogen) atoms. The number of nitrogens with two attached hydrogens (primary N) is 1. The van der Waals surface area contributed by atoms with Gasteiger partial charge >= 0.3 is 0 Å². The van der Waals surface area contributed by atoms with Crippen LogP contribution in [0.5, 0.6) is 0 Å². The summed E-state index contributed by atoms with van der Waals surface area (Å²) in [5.41, 5.74) is 5.98. The van der Waals surface area contributed by atoms with E-state index in [-0.39, 0.29) is 0 Å². The van der Waals surface area contributed by atoms with Crippen molar-refractivity contribution >= 4 is 0 Å². The van der Waals surface area contributed by atoms with Crippen LogP contribution in [0.25, 0.3) is 0 Å². The molecule has 2 atom stereocenters. The predicted octanol–water partition coefficient (Wildman–Crippen LogP) is 1.39. The van der Waals surface area contributed by atoms with Crippen molar-refractivity contribution in [1.29, 1.82) is 0 Å². The van der Waals surface area contributed by atoms with E-state index in [0.29, 0.717) is 6.04 Å². The van der Waals surface area contributed by atoms with Crippen LogP contribution in [0.15, 0.2) is 0 Å². The molecule has 0 aromatic heterocycles. The Balaban J connectivity index is 1.65. The van der Waals surface area contributed by atoms with Crippen molar-refractivity contribution in [2.24, 2.45) is 17.6 Å². The Morgan fingerprint density at radius 1 is 1.06 bits per heavy atom. The van der Waals surface area contributed by atoms with Crippen molar-refractivity contribution in [2.75, 3.05) is 40.3 Å². The van der Waals surface area contributed by atoms with Gasteiger partial charge in [0.15, 0.2) is 0 Å². The van der Waals surface area contributed by atoms with Crippen LogP contribution in [0, 0.1) is 11.8 Å². The molecule has 0 radical (unpaired) electrons. The molecule has 3 nitrogen and oxygen atoms in total. The van der Waals surface area contributed by atoms with Crippen LogP contribution in [-0.4, -0.2) is 56.1 Å². The second kappa shape index (κ2) is 6.17. The number of likely N-dealkylation sites (tertiary alicyclic amines) is 1. The van der Waals surface area contributed by atoms with Gasteiger partial charge in [-0.2, -0.15) is 0 Å². The van der Waals surface area contributed by atoms with E-state index in [0.717, 1.165) is 11.8 Å². The lowest BCUT2D eigenvalue weighted by Gasteiger charge is -2.34. The van der Waals surface area contributed by atoms with Crippen molar-refractivity contribution in [1.82, 2.24) is 9.80 Å². The fourth-order valence-electron chi connectivity index (χ4n) is 3.51. The average molecular weight is 239 g/mol. The molecule has 0 bridgehead atoms. The van der Waals surface area contributed by atoms with Crippen molar-refractivity contribution in [3.63, 3.8) is 0 Å². The molecule has 0 amide bonds. The van der Waals surface area contributed by atoms with Gasteiger partial charge in [-0.05, 0) is 71.1 Å². The third-order valence-corrected chi connectivity index (χ3v) is 4.43. The van der Waals surface area contributed by atoms with Crippen molar-refractivity contribution in [2.45, 2.75) is 38.1 Å². The molecule has 3 heteroatoms. The van der Waals surface area contributed by atoms with Gasteiger partial charge in [-0.1, -0.05) is 0 Å². The van der Waals surface area contributed by atoms with Gasteiger partial charge in [0, 0.05) is 19.1 Å². The Hall–Kier alpha value is -0.120. The normalized spacial score (nSPS) is 32.5. The van der Waals surface area contributed by atoms with Crippen LogP contribution < -0.4 is 5.73 Å². The third-order valence-electron chi connectivity index (χ3n) is 4.43. The maximum Gasteiger partial charge on any atom is 0.00420 e. The first kappa shape index (κ1) is 13.3. The maximum absolute atomic E-state index is 5.98. The number of hydrogen-bond donors (Lipinski definition) is 1. The number of nitrogens with zero attached hydrogens (tertiary/aromatic N) is 2. The maximum atomic E-state index is 5.98. The molecule has 2 unspecified atom stereocenters. The summed E-state index contributed by atoms with van der Waals surface area (Å²) in [6, 6.07) is 0.492. The Bertz CT molecular complexity index is 222. The molecule has 0 spiro atoms. The van der Waals surface area contributed by atoms with Crippen LogP contribution >= 0.6 is 0 Å². The summed E-state index contributed by atoms with van der Waals surface area (Å²) in [5.74, 6) is 1.81. The van der Waals surface area contributed by atoms with Crippen LogP contribution in [0.1, 0.15) is 32.1 Å². The van der Waals surface area contributed by atoms with E-state index < -0.39 is 0 Å². The lowest BCUT2D eigenvalue weighted by molar-refractivity contribution is 0.144. The molecule has 1 saturated carbocycles. The number of rotatable bonds is 4. The summed E-state index contributed by atoms with van der Waals surface area (Å²) in [4.78, 5) is 5.01. The minimum absolute atomic E-state index is 0.492. The fourth-order valence-corrected chi connectivity index (χ4v) is 3.51. The Morgan fingerprint density at radius 2 is 1.76 bits per heavy atom. The average Bonchev–Trinajstić information content (AvgIpc) is 2.66. The van der Waals surface area contributed by atoms with Gasteiger partial charge in [-0.25, -0.2) is 0 Å². The molecule has 0 aromatic carbocycles. The van der Waals surface area contributed by atoms with Crippen LogP contribution in [-0.2, 0) is 0 Å². The summed E-state index contributed by atoms with van der Waals surface area (Å²) >= 11 is 0. The first-order chi connectivity index (χ1) is 8.13. The summed E-state index contributed by atoms with van der Waals surface area (Å²) in [6.45, 7) is 5.19. The fraction of sp³-hybridized carbons (Fsp3) is 1.00. The highest BCUT2D eigenvalue weighted by Crippen LogP contribution is 2.27. The van der Waals surface area contributed by atoms with E-state index in [9.17, 15) is 0 Å². The minimum Gasteiger partial charge on any atom is -0.328 e. The van der Waals surface area contributed by atoms with Crippen molar-refractivity contribution in [3.8, 4) is 0 Å². The van der Waals surface area contributed by atoms with Gasteiger partial charge in [-0.15, -0.1) is 0 Å². The summed E-state index contributed by atoms with van der Waals surface area (Å²) in [5, 5.41) is 0. The van der Waals surface area contributed by atoms with Gasteiger partial charge in [0.25, 0.3) is 0 Å². The lowest BCUT2D eigenvalue weighted by atomic mass is 9.95. The Morgan fingerprint density at radius 3 is 2.29 bits per heavy atom. The second-order valence-electron chi connectivity index (χ2n) is 6.45. The van der Waals surface area contributed by atoms with Gasteiger partial charge in [0.1, 0.15) is 0 Å². The monoisotopic (exact) mass is 239 g/mol. The van der Waals surface area contributed by atoms with Gasteiger partial charge in [0.2, 0.25) is 0 Å². The molecule has 2 N–H and O–H groups in total. The van der Waals surface area contributed by atoms with Gasteiger partial charge < -0.3 is 15.5 Å². The highest BCUT2D eigenvalue weighted by Gasteiger charge is 2.26. The standard InChI is InChI=1S/C14H29N3/c1-16(2)10-12-5-7-17(8-6-12)11-13-3-4-14(15)9-13/h12-14H,3-11,15H2,1-2H3. The van der Waals surface area contributed by atoms with Crippen LogP contribution in [0.3, 0.4) is 0 Å². The second-order valence-corrected chi connectivity index (χ2v) is 6.45. The molecule has 1 heterocycles. The molecule has 2 fully saturated rings. The topological polar surface area (TPSA) is 32.5 Å². The largest absolute Gasteiger partial charge is 0.328 e. The van der Waals surface area contributed by atoms with E-state index in [1.807, 2.05) is 0 Å². The van der Waals surface area contributed by atoms with Crippen LogP contribution in [0.4, 0.5) is 0 Å². The first-order valence-electron chi connectivity index (χ1n) is 7.26. The highest BCUT2D eigenvalue weighted by molar-refractivity contribution is 4.82. The van der Waals surface area contributed by atoms with Gasteiger partial charge in [-0.3, -0.25) is 0 Å². The highest BCUT2D eigenvalue weighted by atomic mass is 15.1. The SMILES string of the molecule is CN(C)CC1CCN(CC2CCC(N)C2)CC1. The van der Waals surface area contributed by atoms with E-state index in [4.69, 9.17) is 5.73 Å². The van der Waals surface area contributed by atoms with Crippen LogP contribution in [0.2, 0.25) is 0 Å². The lowest BCUT2D eigenvalue weighted by Crippen LogP contribution is -2.39. The predicted molar refractivity (Wildman–Crippen MR) is 73.0 cm³/mol. The molecular weight excluding hydrogens is 210 g/mol. The zero-order valence-corrected chi connectivity index (χ0v) is 11.6. The Labute approximate surface area is 106 Å². The summed E-state index contributed by atoms with van der Waals surface area (Å²) in [7, 11) is 4.37. The minimum atomic E-state index is 0.492. The van der Waals surface area contributed by atoms with E-state index in [1.165, 1.54) is 58.3 Å². The molecule has 1 aliphatic carbocycles. The quantitative estimate of drug-likeness (QED) is 0.804. The summed E-state index contributed by atoms with van der Waals surface area (Å²) < 4.78 is 0. The third kappa shape index (κ3) is 4.23. The molecule has 1 saturated heterocycles.